The van der Waals surface area contributed by atoms with Gasteiger partial charge in [0.15, 0.2) is 0 Å². The average Bonchev–Trinajstić information content (AvgIpc) is 3.03. The average molecular weight is 321 g/mol. The Morgan fingerprint density at radius 1 is 1.00 bits per heavy atom. The number of nitrogens with zero attached hydrogens (tertiary/aromatic N) is 1. The predicted octanol–water partition coefficient (Wildman–Crippen LogP) is 5.11. The van der Waals surface area contributed by atoms with Gasteiger partial charge in [-0.15, -0.1) is 0 Å². The van der Waals surface area contributed by atoms with Gasteiger partial charge in [-0.25, -0.2) is 0 Å². The SMILES string of the molecule is CC(C)(C)c1[nH]ncc1CNc1cccc(Oc2ccccc2)c1. The highest BCUT2D eigenvalue weighted by molar-refractivity contribution is 5.49. The maximum absolute atomic E-state index is 5.88. The molecule has 4 nitrogen and oxygen atoms in total. The van der Waals surface area contributed by atoms with Crippen LogP contribution in [0.2, 0.25) is 0 Å². The molecule has 4 heteroatoms. The van der Waals surface area contributed by atoms with Gasteiger partial charge in [0, 0.05) is 35.0 Å². The molecular weight excluding hydrogens is 298 g/mol. The molecule has 0 unspecified atom stereocenters. The first-order chi connectivity index (χ1) is 11.5. The zero-order valence-electron chi connectivity index (χ0n) is 14.3. The Labute approximate surface area is 142 Å². The lowest BCUT2D eigenvalue weighted by Gasteiger charge is -2.19. The third kappa shape index (κ3) is 3.96. The van der Waals surface area contributed by atoms with Gasteiger partial charge < -0.3 is 10.1 Å². The van der Waals surface area contributed by atoms with E-state index in [1.165, 1.54) is 5.56 Å². The molecule has 2 N–H and O–H groups in total. The van der Waals surface area contributed by atoms with Gasteiger partial charge in [-0.1, -0.05) is 45.0 Å². The van der Waals surface area contributed by atoms with Gasteiger partial charge in [0.05, 0.1) is 6.20 Å². The van der Waals surface area contributed by atoms with E-state index in [9.17, 15) is 0 Å². The van der Waals surface area contributed by atoms with Crippen LogP contribution in [0.1, 0.15) is 32.0 Å². The van der Waals surface area contributed by atoms with Crippen LogP contribution in [0.25, 0.3) is 0 Å². The minimum atomic E-state index is 0.0474. The molecule has 0 aliphatic heterocycles. The fraction of sp³-hybridized carbons (Fsp3) is 0.250. The quantitative estimate of drug-likeness (QED) is 0.686. The number of ether oxygens (including phenoxy) is 1. The summed E-state index contributed by atoms with van der Waals surface area (Å²) in [4.78, 5) is 0. The summed E-state index contributed by atoms with van der Waals surface area (Å²) in [7, 11) is 0. The maximum atomic E-state index is 5.88. The maximum Gasteiger partial charge on any atom is 0.129 e. The van der Waals surface area contributed by atoms with E-state index in [1.54, 1.807) is 0 Å². The van der Waals surface area contributed by atoms with Crippen molar-refractivity contribution in [2.45, 2.75) is 32.7 Å². The minimum absolute atomic E-state index is 0.0474. The number of para-hydroxylation sites is 1. The molecule has 0 bridgehead atoms. The molecule has 0 atom stereocenters. The summed E-state index contributed by atoms with van der Waals surface area (Å²) in [5.74, 6) is 1.65. The first kappa shape index (κ1) is 16.1. The molecule has 0 saturated carbocycles. The third-order valence-corrected chi connectivity index (χ3v) is 3.76. The lowest BCUT2D eigenvalue weighted by Crippen LogP contribution is -2.15. The standard InChI is InChI=1S/C20H23N3O/c1-20(2,3)19-15(14-22-23-19)13-21-16-8-7-11-18(12-16)24-17-9-5-4-6-10-17/h4-12,14,21H,13H2,1-3H3,(H,22,23). The van der Waals surface area contributed by atoms with E-state index in [2.05, 4.69) is 36.3 Å². The fourth-order valence-electron chi connectivity index (χ4n) is 2.59. The molecule has 0 saturated heterocycles. The van der Waals surface area contributed by atoms with Gasteiger partial charge in [0.1, 0.15) is 11.5 Å². The molecule has 0 radical (unpaired) electrons. The van der Waals surface area contributed by atoms with Gasteiger partial charge in [-0.3, -0.25) is 5.10 Å². The number of hydrogen-bond acceptors (Lipinski definition) is 3. The summed E-state index contributed by atoms with van der Waals surface area (Å²) in [5, 5.41) is 10.7. The van der Waals surface area contributed by atoms with Crippen molar-refractivity contribution in [2.75, 3.05) is 5.32 Å². The van der Waals surface area contributed by atoms with Crippen molar-refractivity contribution in [1.29, 1.82) is 0 Å². The molecule has 124 valence electrons. The van der Waals surface area contributed by atoms with Gasteiger partial charge in [-0.2, -0.15) is 5.10 Å². The minimum Gasteiger partial charge on any atom is -0.457 e. The van der Waals surface area contributed by atoms with Crippen molar-refractivity contribution in [3.05, 3.63) is 72.1 Å². The lowest BCUT2D eigenvalue weighted by atomic mass is 9.89. The first-order valence-electron chi connectivity index (χ1n) is 8.12. The Morgan fingerprint density at radius 3 is 2.50 bits per heavy atom. The molecule has 0 fully saturated rings. The van der Waals surface area contributed by atoms with Crippen molar-refractivity contribution in [1.82, 2.24) is 10.2 Å². The normalized spacial score (nSPS) is 11.3. The summed E-state index contributed by atoms with van der Waals surface area (Å²) in [6.07, 6.45) is 1.89. The molecule has 0 amide bonds. The van der Waals surface area contributed by atoms with Crippen LogP contribution < -0.4 is 10.1 Å². The second-order valence-electron chi connectivity index (χ2n) is 6.82. The number of H-pyrrole nitrogens is 1. The van der Waals surface area contributed by atoms with Crippen molar-refractivity contribution >= 4 is 5.69 Å². The highest BCUT2D eigenvalue weighted by Crippen LogP contribution is 2.26. The van der Waals surface area contributed by atoms with Crippen LogP contribution in [0.5, 0.6) is 11.5 Å². The highest BCUT2D eigenvalue weighted by atomic mass is 16.5. The zero-order chi connectivity index (χ0) is 17.0. The second-order valence-corrected chi connectivity index (χ2v) is 6.82. The van der Waals surface area contributed by atoms with Crippen LogP contribution in [0.15, 0.2) is 60.8 Å². The Balaban J connectivity index is 1.68. The van der Waals surface area contributed by atoms with Crippen LogP contribution in [0.4, 0.5) is 5.69 Å². The molecule has 2 aromatic carbocycles. The van der Waals surface area contributed by atoms with Crippen molar-refractivity contribution < 1.29 is 4.74 Å². The topological polar surface area (TPSA) is 49.9 Å². The van der Waals surface area contributed by atoms with Crippen LogP contribution in [0.3, 0.4) is 0 Å². The number of aromatic nitrogens is 2. The predicted molar refractivity (Wildman–Crippen MR) is 97.6 cm³/mol. The van der Waals surface area contributed by atoms with Crippen molar-refractivity contribution in [3.63, 3.8) is 0 Å². The zero-order valence-corrected chi connectivity index (χ0v) is 14.3. The second kappa shape index (κ2) is 6.79. The molecule has 0 spiro atoms. The summed E-state index contributed by atoms with van der Waals surface area (Å²) < 4.78 is 5.88. The summed E-state index contributed by atoms with van der Waals surface area (Å²) in [6.45, 7) is 7.26. The van der Waals surface area contributed by atoms with Crippen LogP contribution in [-0.4, -0.2) is 10.2 Å². The van der Waals surface area contributed by atoms with E-state index in [4.69, 9.17) is 4.74 Å². The third-order valence-electron chi connectivity index (χ3n) is 3.76. The summed E-state index contributed by atoms with van der Waals surface area (Å²) in [5.41, 5.74) is 3.40. The smallest absolute Gasteiger partial charge is 0.129 e. The van der Waals surface area contributed by atoms with Crippen LogP contribution in [-0.2, 0) is 12.0 Å². The summed E-state index contributed by atoms with van der Waals surface area (Å²) in [6, 6.07) is 17.8. The molecule has 24 heavy (non-hydrogen) atoms. The van der Waals surface area contributed by atoms with Gasteiger partial charge in [-0.05, 0) is 24.3 Å². The van der Waals surface area contributed by atoms with E-state index in [-0.39, 0.29) is 5.41 Å². The van der Waals surface area contributed by atoms with Crippen molar-refractivity contribution in [3.8, 4) is 11.5 Å². The number of hydrogen-bond donors (Lipinski definition) is 2. The molecule has 0 aliphatic carbocycles. The van der Waals surface area contributed by atoms with Gasteiger partial charge in [0.2, 0.25) is 0 Å². The largest absolute Gasteiger partial charge is 0.457 e. The molecule has 3 aromatic rings. The number of anilines is 1. The van der Waals surface area contributed by atoms with E-state index < -0.39 is 0 Å². The number of rotatable bonds is 5. The monoisotopic (exact) mass is 321 g/mol. The Morgan fingerprint density at radius 2 is 1.75 bits per heavy atom. The van der Waals surface area contributed by atoms with Crippen LogP contribution >= 0.6 is 0 Å². The first-order valence-corrected chi connectivity index (χ1v) is 8.12. The molecule has 1 aromatic heterocycles. The highest BCUT2D eigenvalue weighted by Gasteiger charge is 2.19. The van der Waals surface area contributed by atoms with Crippen molar-refractivity contribution in [2.24, 2.45) is 0 Å². The van der Waals surface area contributed by atoms with E-state index in [0.717, 1.165) is 29.4 Å². The van der Waals surface area contributed by atoms with E-state index in [0.29, 0.717) is 0 Å². The van der Waals surface area contributed by atoms with Gasteiger partial charge in [0.25, 0.3) is 0 Å². The Hall–Kier alpha value is -2.75. The number of nitrogens with one attached hydrogen (secondary N) is 2. The molecule has 0 aliphatic rings. The van der Waals surface area contributed by atoms with E-state index >= 15 is 0 Å². The molecule has 1 heterocycles. The number of aromatic amines is 1. The van der Waals surface area contributed by atoms with E-state index in [1.807, 2.05) is 60.8 Å². The molecule has 3 rings (SSSR count). The lowest BCUT2D eigenvalue weighted by molar-refractivity contribution is 0.483. The Bertz CT molecular complexity index is 788. The fourth-order valence-corrected chi connectivity index (χ4v) is 2.59. The summed E-state index contributed by atoms with van der Waals surface area (Å²) >= 11 is 0. The van der Waals surface area contributed by atoms with Gasteiger partial charge >= 0.3 is 0 Å². The molecular formula is C20H23N3O. The number of benzene rings is 2. The Kier molecular flexibility index (Phi) is 4.56. The van der Waals surface area contributed by atoms with Crippen LogP contribution in [0, 0.1) is 0 Å².